The summed E-state index contributed by atoms with van der Waals surface area (Å²) in [5, 5.41) is 6.28. The van der Waals surface area contributed by atoms with Gasteiger partial charge in [0, 0.05) is 11.5 Å². The van der Waals surface area contributed by atoms with Gasteiger partial charge in [-0.25, -0.2) is 0 Å². The van der Waals surface area contributed by atoms with Gasteiger partial charge in [-0.1, -0.05) is 4.49 Å². The Labute approximate surface area is 101 Å². The van der Waals surface area contributed by atoms with Crippen LogP contribution in [0, 0.1) is 0 Å². The average molecular weight is 279 g/mol. The summed E-state index contributed by atoms with van der Waals surface area (Å²) in [6.07, 6.45) is -3.10. The number of amides is 1. The largest absolute Gasteiger partial charge is 0.425 e. The summed E-state index contributed by atoms with van der Waals surface area (Å²) < 4.78 is 40.4. The van der Waals surface area contributed by atoms with E-state index >= 15 is 0 Å². The summed E-state index contributed by atoms with van der Waals surface area (Å²) in [5.41, 5.74) is 0. The van der Waals surface area contributed by atoms with E-state index in [4.69, 9.17) is 0 Å². The molecule has 0 aliphatic carbocycles. The van der Waals surface area contributed by atoms with Gasteiger partial charge >= 0.3 is 6.18 Å². The number of halogens is 3. The topological polar surface area (TPSA) is 54.9 Å². The highest BCUT2D eigenvalue weighted by molar-refractivity contribution is 7.14. The van der Waals surface area contributed by atoms with Crippen molar-refractivity contribution >= 4 is 33.8 Å². The van der Waals surface area contributed by atoms with Gasteiger partial charge in [0.15, 0.2) is 0 Å². The zero-order chi connectivity index (χ0) is 12.5. The Morgan fingerprint density at radius 2 is 2.12 bits per heavy atom. The van der Waals surface area contributed by atoms with E-state index < -0.39 is 17.0 Å². The second-order valence-electron chi connectivity index (χ2n) is 2.90. The molecule has 0 saturated carbocycles. The van der Waals surface area contributed by atoms with Crippen molar-refractivity contribution in [3.05, 3.63) is 28.1 Å². The minimum atomic E-state index is -4.42. The van der Waals surface area contributed by atoms with Crippen molar-refractivity contribution in [3.63, 3.8) is 0 Å². The first-order valence-electron chi connectivity index (χ1n) is 4.22. The second kappa shape index (κ2) is 4.41. The molecule has 0 spiro atoms. The minimum Gasteiger partial charge on any atom is -0.310 e. The van der Waals surface area contributed by atoms with Gasteiger partial charge in [0.1, 0.15) is 9.88 Å². The number of nitrogens with one attached hydrogen (secondary N) is 1. The maximum Gasteiger partial charge on any atom is 0.425 e. The predicted molar refractivity (Wildman–Crippen MR) is 57.2 cm³/mol. The van der Waals surface area contributed by atoms with E-state index in [2.05, 4.69) is 14.9 Å². The highest BCUT2D eigenvalue weighted by Crippen LogP contribution is 2.34. The van der Waals surface area contributed by atoms with Gasteiger partial charge in [-0.3, -0.25) is 4.79 Å². The monoisotopic (exact) mass is 279 g/mol. The molecule has 1 N–H and O–H groups in total. The number of hydrogen-bond acceptors (Lipinski definition) is 5. The average Bonchev–Trinajstić information content (AvgIpc) is 2.85. The van der Waals surface area contributed by atoms with Gasteiger partial charge in [0.25, 0.3) is 5.91 Å². The van der Waals surface area contributed by atoms with Gasteiger partial charge in [-0.05, 0) is 12.1 Å². The molecule has 2 heterocycles. The standard InChI is InChI=1S/C8H4F3N3OS2/c9-8(10,11)5-2-1-4(16-5)7(15)13-6-3-12-14-17-6/h1-3H,(H,13,15). The Kier molecular flexibility index (Phi) is 3.11. The van der Waals surface area contributed by atoms with E-state index in [1.54, 1.807) is 0 Å². The van der Waals surface area contributed by atoms with Crippen LogP contribution in [0.15, 0.2) is 18.3 Å². The maximum atomic E-state index is 12.3. The Bertz CT molecular complexity index is 520. The number of nitrogens with zero attached hydrogens (tertiary/aromatic N) is 2. The number of aromatic nitrogens is 2. The summed E-state index contributed by atoms with van der Waals surface area (Å²) in [5.74, 6) is -0.600. The molecule has 0 bridgehead atoms. The van der Waals surface area contributed by atoms with Crippen molar-refractivity contribution in [1.29, 1.82) is 0 Å². The third-order valence-electron chi connectivity index (χ3n) is 1.71. The van der Waals surface area contributed by atoms with Gasteiger partial charge in [0.05, 0.1) is 11.1 Å². The van der Waals surface area contributed by atoms with Crippen molar-refractivity contribution in [2.45, 2.75) is 6.18 Å². The SMILES string of the molecule is O=C(Nc1cnns1)c1ccc(C(F)(F)F)s1. The van der Waals surface area contributed by atoms with E-state index in [-0.39, 0.29) is 4.88 Å². The smallest absolute Gasteiger partial charge is 0.310 e. The first-order chi connectivity index (χ1) is 7.97. The molecule has 0 atom stereocenters. The van der Waals surface area contributed by atoms with Gasteiger partial charge in [-0.2, -0.15) is 13.2 Å². The van der Waals surface area contributed by atoms with Crippen LogP contribution in [0.25, 0.3) is 0 Å². The van der Waals surface area contributed by atoms with Crippen molar-refractivity contribution in [1.82, 2.24) is 9.59 Å². The number of alkyl halides is 3. The first-order valence-corrected chi connectivity index (χ1v) is 5.81. The van der Waals surface area contributed by atoms with Crippen molar-refractivity contribution in [2.75, 3.05) is 5.32 Å². The molecule has 1 amide bonds. The number of carbonyl (C=O) groups is 1. The van der Waals surface area contributed by atoms with Crippen LogP contribution in [0.3, 0.4) is 0 Å². The fourth-order valence-electron chi connectivity index (χ4n) is 1.01. The van der Waals surface area contributed by atoms with Crippen LogP contribution in [-0.4, -0.2) is 15.5 Å². The van der Waals surface area contributed by atoms with Crippen LogP contribution < -0.4 is 5.32 Å². The molecule has 0 aliphatic heterocycles. The molecule has 4 nitrogen and oxygen atoms in total. The fourth-order valence-corrected chi connectivity index (χ4v) is 2.19. The molecule has 2 aromatic rings. The van der Waals surface area contributed by atoms with Crippen LogP contribution in [0.4, 0.5) is 18.2 Å². The number of hydrogen-bond donors (Lipinski definition) is 1. The molecule has 0 unspecified atom stereocenters. The van der Waals surface area contributed by atoms with Gasteiger partial charge in [-0.15, -0.1) is 16.4 Å². The Morgan fingerprint density at radius 3 is 2.65 bits per heavy atom. The Balaban J connectivity index is 2.13. The number of thiophene rings is 1. The molecule has 2 aromatic heterocycles. The molecule has 0 fully saturated rings. The lowest BCUT2D eigenvalue weighted by Crippen LogP contribution is -2.08. The zero-order valence-electron chi connectivity index (χ0n) is 7.99. The lowest BCUT2D eigenvalue weighted by atomic mass is 10.4. The van der Waals surface area contributed by atoms with Crippen LogP contribution in [0.2, 0.25) is 0 Å². The third-order valence-corrected chi connectivity index (χ3v) is 3.42. The molecule has 9 heteroatoms. The zero-order valence-corrected chi connectivity index (χ0v) is 9.62. The quantitative estimate of drug-likeness (QED) is 0.919. The lowest BCUT2D eigenvalue weighted by Gasteiger charge is -2.01. The van der Waals surface area contributed by atoms with Gasteiger partial charge < -0.3 is 5.32 Å². The first kappa shape index (κ1) is 12.0. The summed E-state index contributed by atoms with van der Waals surface area (Å²) in [6.45, 7) is 0. The maximum absolute atomic E-state index is 12.3. The second-order valence-corrected chi connectivity index (χ2v) is 4.77. The third kappa shape index (κ3) is 2.80. The van der Waals surface area contributed by atoms with Gasteiger partial charge in [0.2, 0.25) is 0 Å². The van der Waals surface area contributed by atoms with Crippen LogP contribution in [-0.2, 0) is 6.18 Å². The number of carbonyl (C=O) groups excluding carboxylic acids is 1. The summed E-state index contributed by atoms with van der Waals surface area (Å²) >= 11 is 1.34. The van der Waals surface area contributed by atoms with Crippen LogP contribution in [0.1, 0.15) is 14.5 Å². The van der Waals surface area contributed by atoms with E-state index in [0.29, 0.717) is 16.3 Å². The Morgan fingerprint density at radius 1 is 1.35 bits per heavy atom. The van der Waals surface area contributed by atoms with Crippen LogP contribution in [0.5, 0.6) is 0 Å². The molecular formula is C8H4F3N3OS2. The lowest BCUT2D eigenvalue weighted by molar-refractivity contribution is -0.134. The molecule has 2 rings (SSSR count). The van der Waals surface area contributed by atoms with Crippen molar-refractivity contribution in [2.24, 2.45) is 0 Å². The molecule has 0 saturated heterocycles. The summed E-state index contributed by atoms with van der Waals surface area (Å²) in [7, 11) is 0. The van der Waals surface area contributed by atoms with Crippen molar-refractivity contribution < 1.29 is 18.0 Å². The molecule has 17 heavy (non-hydrogen) atoms. The fraction of sp³-hybridized carbons (Fsp3) is 0.125. The summed E-state index contributed by atoms with van der Waals surface area (Å²) in [4.78, 5) is 10.7. The number of rotatable bonds is 2. The van der Waals surface area contributed by atoms with Crippen LogP contribution >= 0.6 is 22.9 Å². The highest BCUT2D eigenvalue weighted by Gasteiger charge is 2.33. The summed E-state index contributed by atoms with van der Waals surface area (Å²) in [6, 6.07) is 2.02. The molecule has 0 aromatic carbocycles. The van der Waals surface area contributed by atoms with Crippen molar-refractivity contribution in [3.8, 4) is 0 Å². The molecule has 0 radical (unpaired) electrons. The van der Waals surface area contributed by atoms with E-state index in [1.807, 2.05) is 0 Å². The molecule has 0 aliphatic rings. The molecule has 90 valence electrons. The molecular weight excluding hydrogens is 275 g/mol. The predicted octanol–water partition coefficient (Wildman–Crippen LogP) is 2.87. The highest BCUT2D eigenvalue weighted by atomic mass is 32.1. The van der Waals surface area contributed by atoms with E-state index in [9.17, 15) is 18.0 Å². The Hall–Kier alpha value is -1.48. The number of anilines is 1. The normalized spacial score (nSPS) is 11.5. The van der Waals surface area contributed by atoms with E-state index in [0.717, 1.165) is 23.7 Å². The van der Waals surface area contributed by atoms with E-state index in [1.165, 1.54) is 6.20 Å². The minimum absolute atomic E-state index is 0.00859.